The molecule has 0 saturated carbocycles. The number of aromatic nitrogens is 1. The molecule has 1 heterocycles. The molecule has 0 unspecified atom stereocenters. The summed E-state index contributed by atoms with van der Waals surface area (Å²) >= 11 is 6.37. The van der Waals surface area contributed by atoms with Crippen LogP contribution >= 0.6 is 11.6 Å². The molecule has 0 radical (unpaired) electrons. The zero-order valence-electron chi connectivity index (χ0n) is 13.8. The second-order valence-electron chi connectivity index (χ2n) is 5.01. The van der Waals surface area contributed by atoms with Gasteiger partial charge in [0.1, 0.15) is 5.75 Å². The van der Waals surface area contributed by atoms with Crippen LogP contribution in [0.5, 0.6) is 5.75 Å². The maximum Gasteiger partial charge on any atom is 0.328 e. The molecule has 0 bridgehead atoms. The van der Waals surface area contributed by atoms with Crippen molar-refractivity contribution in [2.75, 3.05) is 13.2 Å². The minimum absolute atomic E-state index is 0.558. The molecule has 7 nitrogen and oxygen atoms in total. The highest BCUT2D eigenvalue weighted by Crippen LogP contribution is 2.35. The van der Waals surface area contributed by atoms with Crippen molar-refractivity contribution in [3.63, 3.8) is 0 Å². The van der Waals surface area contributed by atoms with E-state index in [-0.39, 0.29) is 0 Å². The molecule has 25 heavy (non-hydrogen) atoms. The molecule has 5 N–H and O–H groups in total. The highest BCUT2D eigenvalue weighted by molar-refractivity contribution is 6.37. The minimum Gasteiger partial charge on any atom is -0.492 e. The van der Waals surface area contributed by atoms with Crippen molar-refractivity contribution in [1.29, 1.82) is 0 Å². The van der Waals surface area contributed by atoms with Crippen LogP contribution in [-0.4, -0.2) is 40.3 Å². The van der Waals surface area contributed by atoms with E-state index in [1.165, 1.54) is 0 Å². The Kier molecular flexibility index (Phi) is 8.52. The van der Waals surface area contributed by atoms with E-state index in [4.69, 9.17) is 32.3 Å². The Morgan fingerprint density at radius 2 is 1.92 bits per heavy atom. The largest absolute Gasteiger partial charge is 0.492 e. The first-order valence-electron chi connectivity index (χ1n) is 7.65. The highest BCUT2D eigenvalue weighted by Gasteiger charge is 2.11. The van der Waals surface area contributed by atoms with Gasteiger partial charge in [0.05, 0.1) is 11.6 Å². The molecule has 0 aliphatic heterocycles. The summed E-state index contributed by atoms with van der Waals surface area (Å²) in [5, 5.41) is 17.3. The lowest BCUT2D eigenvalue weighted by Gasteiger charge is -2.08. The van der Waals surface area contributed by atoms with Gasteiger partial charge < -0.3 is 25.7 Å². The molecule has 1 aromatic carbocycles. The third-order valence-electron chi connectivity index (χ3n) is 3.07. The molecular weight excluding hydrogens is 348 g/mol. The normalized spacial score (nSPS) is 10.5. The first kappa shape index (κ1) is 20.5. The number of aromatic amines is 1. The van der Waals surface area contributed by atoms with Crippen molar-refractivity contribution in [2.45, 2.75) is 19.8 Å². The Balaban J connectivity index is 0.000000333. The van der Waals surface area contributed by atoms with E-state index in [1.807, 2.05) is 18.3 Å². The summed E-state index contributed by atoms with van der Waals surface area (Å²) in [7, 11) is 0. The number of halogens is 1. The molecule has 0 saturated heterocycles. The Bertz CT molecular complexity index is 739. The SMILES string of the molecule is CCCOc1ccc2[nH]cc(CCN)c2c1Cl.O=C(O)C=CC(=O)O. The molecule has 0 aliphatic carbocycles. The quantitative estimate of drug-likeness (QED) is 0.557. The fraction of sp³-hybridized carbons (Fsp3) is 0.294. The Labute approximate surface area is 150 Å². The van der Waals surface area contributed by atoms with Gasteiger partial charge in [0.2, 0.25) is 0 Å². The zero-order chi connectivity index (χ0) is 18.8. The molecule has 1 aromatic heterocycles. The third kappa shape index (κ3) is 6.48. The zero-order valence-corrected chi connectivity index (χ0v) is 14.5. The van der Waals surface area contributed by atoms with Crippen LogP contribution in [0.1, 0.15) is 18.9 Å². The van der Waals surface area contributed by atoms with Gasteiger partial charge in [-0.25, -0.2) is 9.59 Å². The van der Waals surface area contributed by atoms with E-state index in [0.717, 1.165) is 35.1 Å². The van der Waals surface area contributed by atoms with Crippen molar-refractivity contribution in [3.8, 4) is 5.75 Å². The Hall–Kier alpha value is -2.51. The molecule has 136 valence electrons. The van der Waals surface area contributed by atoms with E-state index >= 15 is 0 Å². The number of carboxylic acid groups (broad SMARTS) is 2. The Morgan fingerprint density at radius 1 is 1.28 bits per heavy atom. The molecule has 0 fully saturated rings. The average Bonchev–Trinajstić information content (AvgIpc) is 2.97. The van der Waals surface area contributed by atoms with Crippen molar-refractivity contribution in [1.82, 2.24) is 4.98 Å². The predicted octanol–water partition coefficient (Wildman–Crippen LogP) is 2.82. The van der Waals surface area contributed by atoms with Gasteiger partial charge in [-0.2, -0.15) is 0 Å². The molecule has 2 rings (SSSR count). The fourth-order valence-corrected chi connectivity index (χ4v) is 2.39. The van der Waals surface area contributed by atoms with Gasteiger partial charge in [0.15, 0.2) is 0 Å². The van der Waals surface area contributed by atoms with Gasteiger partial charge in [-0.3, -0.25) is 0 Å². The molecule has 0 atom stereocenters. The van der Waals surface area contributed by atoms with Crippen LogP contribution < -0.4 is 10.5 Å². The molecular formula is C17H21ClN2O5. The van der Waals surface area contributed by atoms with E-state index in [1.54, 1.807) is 0 Å². The minimum atomic E-state index is -1.26. The van der Waals surface area contributed by atoms with Crippen LogP contribution in [-0.2, 0) is 16.0 Å². The third-order valence-corrected chi connectivity index (χ3v) is 3.45. The Morgan fingerprint density at radius 3 is 2.44 bits per heavy atom. The smallest absolute Gasteiger partial charge is 0.328 e. The van der Waals surface area contributed by atoms with Crippen LogP contribution in [0.3, 0.4) is 0 Å². The standard InChI is InChI=1S/C13H17ClN2O.C4H4O4/c1-2-7-17-11-4-3-10-12(13(11)14)9(5-6-15)8-16-10;5-3(6)1-2-4(7)8/h3-4,8,16H,2,5-7,15H2,1H3;1-2H,(H,5,6)(H,7,8). The lowest BCUT2D eigenvalue weighted by molar-refractivity contribution is -0.134. The number of benzene rings is 1. The first-order chi connectivity index (χ1) is 11.9. The summed E-state index contributed by atoms with van der Waals surface area (Å²) in [5.74, 6) is -1.77. The summed E-state index contributed by atoms with van der Waals surface area (Å²) < 4.78 is 5.62. The molecule has 0 spiro atoms. The van der Waals surface area contributed by atoms with Crippen LogP contribution in [0.15, 0.2) is 30.5 Å². The molecule has 8 heteroatoms. The number of H-pyrrole nitrogens is 1. The van der Waals surface area contributed by atoms with E-state index in [9.17, 15) is 9.59 Å². The number of carbonyl (C=O) groups is 2. The number of rotatable bonds is 7. The van der Waals surface area contributed by atoms with Gasteiger partial charge in [0.25, 0.3) is 0 Å². The maximum atomic E-state index is 9.55. The van der Waals surface area contributed by atoms with Gasteiger partial charge in [-0.15, -0.1) is 0 Å². The number of fused-ring (bicyclic) bond motifs is 1. The fourth-order valence-electron chi connectivity index (χ4n) is 2.05. The van der Waals surface area contributed by atoms with E-state index in [0.29, 0.717) is 30.3 Å². The summed E-state index contributed by atoms with van der Waals surface area (Å²) in [5.41, 5.74) is 7.77. The van der Waals surface area contributed by atoms with E-state index in [2.05, 4.69) is 11.9 Å². The number of carboxylic acids is 2. The number of nitrogens with two attached hydrogens (primary N) is 1. The highest BCUT2D eigenvalue weighted by atomic mass is 35.5. The van der Waals surface area contributed by atoms with Gasteiger partial charge in [-0.05, 0) is 37.1 Å². The predicted molar refractivity (Wildman–Crippen MR) is 96.3 cm³/mol. The lowest BCUT2D eigenvalue weighted by atomic mass is 10.1. The summed E-state index contributed by atoms with van der Waals surface area (Å²) in [6, 6.07) is 3.90. The van der Waals surface area contributed by atoms with Crippen LogP contribution in [0.2, 0.25) is 5.02 Å². The van der Waals surface area contributed by atoms with Crippen LogP contribution in [0, 0.1) is 0 Å². The first-order valence-corrected chi connectivity index (χ1v) is 8.03. The summed E-state index contributed by atoms with van der Waals surface area (Å²) in [4.78, 5) is 22.3. The summed E-state index contributed by atoms with van der Waals surface area (Å²) in [6.07, 6.45) is 4.87. The average molecular weight is 369 g/mol. The second-order valence-corrected chi connectivity index (χ2v) is 5.39. The van der Waals surface area contributed by atoms with Crippen LogP contribution in [0.25, 0.3) is 10.9 Å². The lowest BCUT2D eigenvalue weighted by Crippen LogP contribution is -2.02. The van der Waals surface area contributed by atoms with Crippen molar-refractivity contribution in [2.24, 2.45) is 5.73 Å². The van der Waals surface area contributed by atoms with Crippen molar-refractivity contribution >= 4 is 34.4 Å². The van der Waals surface area contributed by atoms with Gasteiger partial charge >= 0.3 is 11.9 Å². The number of hydrogen-bond acceptors (Lipinski definition) is 4. The summed E-state index contributed by atoms with van der Waals surface area (Å²) in [6.45, 7) is 3.37. The van der Waals surface area contributed by atoms with Gasteiger partial charge in [0, 0.05) is 29.3 Å². The number of hydrogen-bond donors (Lipinski definition) is 4. The van der Waals surface area contributed by atoms with Crippen molar-refractivity contribution in [3.05, 3.63) is 41.1 Å². The van der Waals surface area contributed by atoms with Crippen molar-refractivity contribution < 1.29 is 24.5 Å². The number of aliphatic carboxylic acids is 2. The van der Waals surface area contributed by atoms with Gasteiger partial charge in [-0.1, -0.05) is 18.5 Å². The van der Waals surface area contributed by atoms with E-state index < -0.39 is 11.9 Å². The van der Waals surface area contributed by atoms with Crippen LogP contribution in [0.4, 0.5) is 0 Å². The maximum absolute atomic E-state index is 9.55. The topological polar surface area (TPSA) is 126 Å². The molecule has 0 aliphatic rings. The molecule has 2 aromatic rings. The number of nitrogens with one attached hydrogen (secondary N) is 1. The monoisotopic (exact) mass is 368 g/mol. The second kappa shape index (κ2) is 10.4. The molecule has 0 amide bonds. The number of ether oxygens (including phenoxy) is 1.